The topological polar surface area (TPSA) is 25.2 Å². The van der Waals surface area contributed by atoms with E-state index in [4.69, 9.17) is 5.11 Å². The molecule has 96 valence electrons. The van der Waals surface area contributed by atoms with Crippen LogP contribution in [0.3, 0.4) is 0 Å². The number of aliphatic hydroxyl groups is 1. The maximum atomic E-state index is 9.05. The molecule has 2 aromatic carbocycles. The molecule has 1 N–H and O–H groups in total. The SMILES string of the molecule is OCc1ccc(Cn2ccc3ccc(Br)cc32)cc1. The van der Waals surface area contributed by atoms with Crippen LogP contribution in [0.1, 0.15) is 11.1 Å². The van der Waals surface area contributed by atoms with E-state index in [9.17, 15) is 0 Å². The van der Waals surface area contributed by atoms with Crippen LogP contribution in [0.15, 0.2) is 59.2 Å². The third kappa shape index (κ3) is 2.57. The molecule has 19 heavy (non-hydrogen) atoms. The number of benzene rings is 2. The van der Waals surface area contributed by atoms with Gasteiger partial charge in [0, 0.05) is 22.7 Å². The van der Waals surface area contributed by atoms with Crippen LogP contribution in [0.5, 0.6) is 0 Å². The third-order valence-electron chi connectivity index (χ3n) is 3.29. The molecule has 3 rings (SSSR count). The lowest BCUT2D eigenvalue weighted by Crippen LogP contribution is -1.98. The third-order valence-corrected chi connectivity index (χ3v) is 3.79. The lowest BCUT2D eigenvalue weighted by atomic mass is 10.1. The van der Waals surface area contributed by atoms with Crippen molar-refractivity contribution in [3.63, 3.8) is 0 Å². The van der Waals surface area contributed by atoms with Crippen LogP contribution in [0.25, 0.3) is 10.9 Å². The Labute approximate surface area is 120 Å². The second-order valence-corrected chi connectivity index (χ2v) is 5.54. The van der Waals surface area contributed by atoms with Crippen LogP contribution in [-0.4, -0.2) is 9.67 Å². The largest absolute Gasteiger partial charge is 0.392 e. The summed E-state index contributed by atoms with van der Waals surface area (Å²) in [4.78, 5) is 0. The smallest absolute Gasteiger partial charge is 0.0681 e. The first-order valence-electron chi connectivity index (χ1n) is 6.19. The van der Waals surface area contributed by atoms with Gasteiger partial charge in [0.05, 0.1) is 6.61 Å². The van der Waals surface area contributed by atoms with Crippen molar-refractivity contribution in [3.8, 4) is 0 Å². The minimum atomic E-state index is 0.0969. The molecule has 0 spiro atoms. The lowest BCUT2D eigenvalue weighted by molar-refractivity contribution is 0.282. The van der Waals surface area contributed by atoms with E-state index >= 15 is 0 Å². The molecule has 2 nitrogen and oxygen atoms in total. The molecule has 0 saturated heterocycles. The molecule has 3 heteroatoms. The van der Waals surface area contributed by atoms with Crippen molar-refractivity contribution in [1.82, 2.24) is 4.57 Å². The Morgan fingerprint density at radius 3 is 2.42 bits per heavy atom. The molecule has 0 amide bonds. The molecule has 1 aromatic heterocycles. The summed E-state index contributed by atoms with van der Waals surface area (Å²) in [6.07, 6.45) is 2.11. The summed E-state index contributed by atoms with van der Waals surface area (Å²) in [6.45, 7) is 0.936. The zero-order chi connectivity index (χ0) is 13.2. The van der Waals surface area contributed by atoms with E-state index in [-0.39, 0.29) is 6.61 Å². The number of hydrogen-bond acceptors (Lipinski definition) is 1. The highest BCUT2D eigenvalue weighted by Crippen LogP contribution is 2.21. The minimum absolute atomic E-state index is 0.0969. The van der Waals surface area contributed by atoms with Gasteiger partial charge in [-0.1, -0.05) is 46.3 Å². The quantitative estimate of drug-likeness (QED) is 0.778. The Bertz CT molecular complexity index is 700. The predicted molar refractivity (Wildman–Crippen MR) is 81.1 cm³/mol. The fourth-order valence-corrected chi connectivity index (χ4v) is 2.59. The van der Waals surface area contributed by atoms with Crippen molar-refractivity contribution in [2.45, 2.75) is 13.2 Å². The summed E-state index contributed by atoms with van der Waals surface area (Å²) < 4.78 is 3.32. The average molecular weight is 316 g/mol. The number of fused-ring (bicyclic) bond motifs is 1. The molecule has 0 fully saturated rings. The molecule has 0 aliphatic heterocycles. The summed E-state index contributed by atoms with van der Waals surface area (Å²) in [5.74, 6) is 0. The standard InChI is InChI=1S/C16H14BrNO/c17-15-6-5-14-7-8-18(16(14)9-15)10-12-1-3-13(11-19)4-2-12/h1-9,19H,10-11H2. The van der Waals surface area contributed by atoms with Crippen molar-refractivity contribution in [1.29, 1.82) is 0 Å². The lowest BCUT2D eigenvalue weighted by Gasteiger charge is -2.07. The second kappa shape index (κ2) is 5.19. The normalized spacial score (nSPS) is 11.1. The Kier molecular flexibility index (Phi) is 3.40. The fraction of sp³-hybridized carbons (Fsp3) is 0.125. The van der Waals surface area contributed by atoms with Gasteiger partial charge in [-0.05, 0) is 34.7 Å². The van der Waals surface area contributed by atoms with Gasteiger partial charge in [-0.15, -0.1) is 0 Å². The van der Waals surface area contributed by atoms with E-state index in [1.165, 1.54) is 16.5 Å². The van der Waals surface area contributed by atoms with Crippen molar-refractivity contribution in [2.75, 3.05) is 0 Å². The van der Waals surface area contributed by atoms with E-state index in [1.54, 1.807) is 0 Å². The molecule has 0 saturated carbocycles. The minimum Gasteiger partial charge on any atom is -0.392 e. The maximum absolute atomic E-state index is 9.05. The Balaban J connectivity index is 1.93. The number of hydrogen-bond donors (Lipinski definition) is 1. The highest BCUT2D eigenvalue weighted by atomic mass is 79.9. The molecule has 0 aliphatic rings. The highest BCUT2D eigenvalue weighted by Gasteiger charge is 2.02. The molecule has 3 aromatic rings. The van der Waals surface area contributed by atoms with Crippen LogP contribution in [0.2, 0.25) is 0 Å². The average Bonchev–Trinajstić information content (AvgIpc) is 2.82. The number of aromatic nitrogens is 1. The first-order chi connectivity index (χ1) is 9.26. The molecule has 1 heterocycles. The number of halogens is 1. The summed E-state index contributed by atoms with van der Waals surface area (Å²) in [5.41, 5.74) is 3.40. The number of nitrogens with zero attached hydrogens (tertiary/aromatic N) is 1. The van der Waals surface area contributed by atoms with Crippen LogP contribution in [0, 0.1) is 0 Å². The molecule has 0 radical (unpaired) electrons. The molecule has 0 aliphatic carbocycles. The van der Waals surface area contributed by atoms with Gasteiger partial charge in [0.15, 0.2) is 0 Å². The van der Waals surface area contributed by atoms with E-state index in [0.29, 0.717) is 0 Å². The summed E-state index contributed by atoms with van der Waals surface area (Å²) >= 11 is 3.51. The van der Waals surface area contributed by atoms with Gasteiger partial charge in [0.1, 0.15) is 0 Å². The summed E-state index contributed by atoms with van der Waals surface area (Å²) in [6, 6.07) is 16.5. The zero-order valence-corrected chi connectivity index (χ0v) is 12.0. The van der Waals surface area contributed by atoms with E-state index < -0.39 is 0 Å². The van der Waals surface area contributed by atoms with Crippen molar-refractivity contribution >= 4 is 26.8 Å². The van der Waals surface area contributed by atoms with Crippen molar-refractivity contribution in [2.24, 2.45) is 0 Å². The monoisotopic (exact) mass is 315 g/mol. The van der Waals surface area contributed by atoms with Gasteiger partial charge >= 0.3 is 0 Å². The zero-order valence-electron chi connectivity index (χ0n) is 10.4. The molecule has 0 bridgehead atoms. The molecule has 0 unspecified atom stereocenters. The first kappa shape index (κ1) is 12.5. The van der Waals surface area contributed by atoms with Crippen LogP contribution in [-0.2, 0) is 13.2 Å². The fourth-order valence-electron chi connectivity index (χ4n) is 2.24. The Morgan fingerprint density at radius 1 is 0.947 bits per heavy atom. The van der Waals surface area contributed by atoms with Gasteiger partial charge in [0.2, 0.25) is 0 Å². The number of rotatable bonds is 3. The van der Waals surface area contributed by atoms with Crippen LogP contribution >= 0.6 is 15.9 Å². The van der Waals surface area contributed by atoms with Crippen molar-refractivity contribution in [3.05, 3.63) is 70.3 Å². The predicted octanol–water partition coefficient (Wildman–Crippen LogP) is 3.94. The maximum Gasteiger partial charge on any atom is 0.0681 e. The first-order valence-corrected chi connectivity index (χ1v) is 6.98. The van der Waals surface area contributed by atoms with E-state index in [0.717, 1.165) is 16.6 Å². The molecular weight excluding hydrogens is 302 g/mol. The Hall–Kier alpha value is -1.58. The highest BCUT2D eigenvalue weighted by molar-refractivity contribution is 9.10. The van der Waals surface area contributed by atoms with Gasteiger partial charge in [-0.25, -0.2) is 0 Å². The van der Waals surface area contributed by atoms with E-state index in [2.05, 4.69) is 63.1 Å². The van der Waals surface area contributed by atoms with Gasteiger partial charge < -0.3 is 9.67 Å². The van der Waals surface area contributed by atoms with Crippen molar-refractivity contribution < 1.29 is 5.11 Å². The van der Waals surface area contributed by atoms with E-state index in [1.807, 2.05) is 12.1 Å². The van der Waals surface area contributed by atoms with Gasteiger partial charge in [0.25, 0.3) is 0 Å². The summed E-state index contributed by atoms with van der Waals surface area (Å²) in [7, 11) is 0. The Morgan fingerprint density at radius 2 is 1.68 bits per heavy atom. The summed E-state index contributed by atoms with van der Waals surface area (Å²) in [5, 5.41) is 10.3. The molecule has 0 atom stereocenters. The van der Waals surface area contributed by atoms with Crippen LogP contribution < -0.4 is 0 Å². The van der Waals surface area contributed by atoms with Gasteiger partial charge in [-0.2, -0.15) is 0 Å². The number of aliphatic hydroxyl groups excluding tert-OH is 1. The van der Waals surface area contributed by atoms with Crippen LogP contribution in [0.4, 0.5) is 0 Å². The second-order valence-electron chi connectivity index (χ2n) is 4.62. The van der Waals surface area contributed by atoms with Gasteiger partial charge in [-0.3, -0.25) is 0 Å². The molecular formula is C16H14BrNO.